The molecule has 2 aromatic rings. The maximum absolute atomic E-state index is 12.2. The number of piperidine rings is 1. The van der Waals surface area contributed by atoms with E-state index in [4.69, 9.17) is 11.6 Å². The standard InChI is InChI=1S/C18H22ClN3O/c1-2-9-20-18(23)14-7-5-10-22(12-14)16-11-13-6-3-4-8-15(13)17(19)21-16/h3-4,6,8,11,14H,2,5,7,9-10,12H2,1H3,(H,20,23). The molecule has 0 spiro atoms. The van der Waals surface area contributed by atoms with E-state index in [-0.39, 0.29) is 11.8 Å². The molecule has 122 valence electrons. The first-order valence-electron chi connectivity index (χ1n) is 8.27. The average Bonchev–Trinajstić information content (AvgIpc) is 2.59. The molecule has 1 aromatic heterocycles. The van der Waals surface area contributed by atoms with Gasteiger partial charge in [-0.3, -0.25) is 4.79 Å². The highest BCUT2D eigenvalue weighted by atomic mass is 35.5. The predicted molar refractivity (Wildman–Crippen MR) is 95.0 cm³/mol. The molecule has 1 aromatic carbocycles. The van der Waals surface area contributed by atoms with Gasteiger partial charge in [0.25, 0.3) is 0 Å². The zero-order valence-corrected chi connectivity index (χ0v) is 14.1. The number of anilines is 1. The Morgan fingerprint density at radius 1 is 1.43 bits per heavy atom. The Kier molecular flexibility index (Phi) is 5.01. The number of aromatic nitrogens is 1. The Morgan fingerprint density at radius 3 is 3.09 bits per heavy atom. The lowest BCUT2D eigenvalue weighted by atomic mass is 9.97. The van der Waals surface area contributed by atoms with Gasteiger partial charge in [0.05, 0.1) is 5.92 Å². The fraction of sp³-hybridized carbons (Fsp3) is 0.444. The molecule has 0 saturated carbocycles. The molecule has 1 unspecified atom stereocenters. The van der Waals surface area contributed by atoms with Crippen LogP contribution < -0.4 is 10.2 Å². The molecule has 5 heteroatoms. The lowest BCUT2D eigenvalue weighted by molar-refractivity contribution is -0.125. The zero-order chi connectivity index (χ0) is 16.2. The van der Waals surface area contributed by atoms with Gasteiger partial charge in [-0.25, -0.2) is 4.98 Å². The van der Waals surface area contributed by atoms with E-state index < -0.39 is 0 Å². The number of carbonyl (C=O) groups is 1. The van der Waals surface area contributed by atoms with E-state index in [9.17, 15) is 4.79 Å². The topological polar surface area (TPSA) is 45.2 Å². The lowest BCUT2D eigenvalue weighted by Gasteiger charge is -2.33. The molecule has 1 atom stereocenters. The summed E-state index contributed by atoms with van der Waals surface area (Å²) in [5, 5.41) is 5.58. The first kappa shape index (κ1) is 16.1. The second kappa shape index (κ2) is 7.18. The van der Waals surface area contributed by atoms with Gasteiger partial charge in [-0.2, -0.15) is 0 Å². The van der Waals surface area contributed by atoms with Crippen LogP contribution in [0.5, 0.6) is 0 Å². The van der Waals surface area contributed by atoms with Gasteiger partial charge in [-0.1, -0.05) is 42.8 Å². The van der Waals surface area contributed by atoms with Crippen LogP contribution in [0.25, 0.3) is 10.8 Å². The van der Waals surface area contributed by atoms with Gasteiger partial charge in [0.15, 0.2) is 0 Å². The van der Waals surface area contributed by atoms with Crippen LogP contribution in [0.15, 0.2) is 30.3 Å². The van der Waals surface area contributed by atoms with Gasteiger partial charge in [0.2, 0.25) is 5.91 Å². The summed E-state index contributed by atoms with van der Waals surface area (Å²) in [5.74, 6) is 1.05. The van der Waals surface area contributed by atoms with Crippen LogP contribution in [-0.4, -0.2) is 30.5 Å². The molecule has 1 fully saturated rings. The average molecular weight is 332 g/mol. The van der Waals surface area contributed by atoms with Crippen molar-refractivity contribution in [1.29, 1.82) is 0 Å². The van der Waals surface area contributed by atoms with Gasteiger partial charge in [-0.15, -0.1) is 0 Å². The third-order valence-corrected chi connectivity index (χ3v) is 4.63. The van der Waals surface area contributed by atoms with Crippen molar-refractivity contribution in [1.82, 2.24) is 10.3 Å². The van der Waals surface area contributed by atoms with Gasteiger partial charge in [0, 0.05) is 25.0 Å². The Labute approximate surface area is 141 Å². The fourth-order valence-electron chi connectivity index (χ4n) is 3.10. The number of amides is 1. The molecule has 3 rings (SSSR count). The lowest BCUT2D eigenvalue weighted by Crippen LogP contribution is -2.43. The van der Waals surface area contributed by atoms with Gasteiger partial charge in [-0.05, 0) is 30.7 Å². The summed E-state index contributed by atoms with van der Waals surface area (Å²) in [7, 11) is 0. The van der Waals surface area contributed by atoms with Crippen molar-refractivity contribution in [2.24, 2.45) is 5.92 Å². The largest absolute Gasteiger partial charge is 0.356 e. The molecule has 1 aliphatic rings. The minimum Gasteiger partial charge on any atom is -0.356 e. The van der Waals surface area contributed by atoms with E-state index in [1.807, 2.05) is 24.3 Å². The number of benzene rings is 1. The number of pyridine rings is 1. The number of nitrogens with zero attached hydrogens (tertiary/aromatic N) is 2. The van der Waals surface area contributed by atoms with Crippen LogP contribution in [0.3, 0.4) is 0 Å². The number of hydrogen-bond acceptors (Lipinski definition) is 3. The number of nitrogens with one attached hydrogen (secondary N) is 1. The van der Waals surface area contributed by atoms with Gasteiger partial charge in [0.1, 0.15) is 11.0 Å². The van der Waals surface area contributed by atoms with E-state index >= 15 is 0 Å². The van der Waals surface area contributed by atoms with Crippen molar-refractivity contribution in [3.63, 3.8) is 0 Å². The zero-order valence-electron chi connectivity index (χ0n) is 13.4. The Balaban J connectivity index is 1.80. The minimum atomic E-state index is 0.0299. The second-order valence-electron chi connectivity index (χ2n) is 6.07. The number of hydrogen-bond donors (Lipinski definition) is 1. The predicted octanol–water partition coefficient (Wildman–Crippen LogP) is 3.63. The van der Waals surface area contributed by atoms with E-state index in [2.05, 4.69) is 28.2 Å². The molecule has 4 nitrogen and oxygen atoms in total. The number of halogens is 1. The highest BCUT2D eigenvalue weighted by Crippen LogP contribution is 2.28. The molecule has 1 N–H and O–H groups in total. The highest BCUT2D eigenvalue weighted by molar-refractivity contribution is 6.34. The second-order valence-corrected chi connectivity index (χ2v) is 6.43. The summed E-state index contributed by atoms with van der Waals surface area (Å²) in [6, 6.07) is 10.0. The smallest absolute Gasteiger partial charge is 0.224 e. The van der Waals surface area contributed by atoms with Gasteiger partial charge >= 0.3 is 0 Å². The van der Waals surface area contributed by atoms with Crippen molar-refractivity contribution in [2.75, 3.05) is 24.5 Å². The first-order chi connectivity index (χ1) is 11.2. The maximum Gasteiger partial charge on any atom is 0.224 e. The molecule has 1 amide bonds. The highest BCUT2D eigenvalue weighted by Gasteiger charge is 2.26. The first-order valence-corrected chi connectivity index (χ1v) is 8.64. The summed E-state index contributed by atoms with van der Waals surface area (Å²) in [4.78, 5) is 18.9. The van der Waals surface area contributed by atoms with Gasteiger partial charge < -0.3 is 10.2 Å². The Bertz CT molecular complexity index is 704. The minimum absolute atomic E-state index is 0.0299. The molecular weight excluding hydrogens is 310 g/mol. The molecule has 2 heterocycles. The Morgan fingerprint density at radius 2 is 2.26 bits per heavy atom. The van der Waals surface area contributed by atoms with Crippen LogP contribution in [0.4, 0.5) is 5.82 Å². The Hall–Kier alpha value is -1.81. The molecule has 23 heavy (non-hydrogen) atoms. The SMILES string of the molecule is CCCNC(=O)C1CCCN(c2cc3ccccc3c(Cl)n2)C1. The third kappa shape index (κ3) is 3.58. The van der Waals surface area contributed by atoms with E-state index in [0.29, 0.717) is 11.7 Å². The third-order valence-electron chi connectivity index (χ3n) is 4.35. The normalized spacial score (nSPS) is 18.2. The molecule has 0 bridgehead atoms. The maximum atomic E-state index is 12.2. The number of fused-ring (bicyclic) bond motifs is 1. The van der Waals surface area contributed by atoms with Crippen LogP contribution >= 0.6 is 11.6 Å². The van der Waals surface area contributed by atoms with Crippen LogP contribution in [0.2, 0.25) is 5.15 Å². The summed E-state index contributed by atoms with van der Waals surface area (Å²) in [5.41, 5.74) is 0. The molecular formula is C18H22ClN3O. The van der Waals surface area contributed by atoms with Crippen molar-refractivity contribution in [3.05, 3.63) is 35.5 Å². The summed E-state index contributed by atoms with van der Waals surface area (Å²) in [6.45, 7) is 4.43. The molecule has 1 aliphatic heterocycles. The number of rotatable bonds is 4. The van der Waals surface area contributed by atoms with Crippen LogP contribution in [0, 0.1) is 5.92 Å². The van der Waals surface area contributed by atoms with Crippen molar-refractivity contribution < 1.29 is 4.79 Å². The quantitative estimate of drug-likeness (QED) is 0.870. The summed E-state index contributed by atoms with van der Waals surface area (Å²) < 4.78 is 0. The van der Waals surface area contributed by atoms with E-state index in [0.717, 1.165) is 48.9 Å². The van der Waals surface area contributed by atoms with E-state index in [1.54, 1.807) is 0 Å². The molecule has 0 aliphatic carbocycles. The molecule has 0 radical (unpaired) electrons. The monoisotopic (exact) mass is 331 g/mol. The summed E-state index contributed by atoms with van der Waals surface area (Å²) >= 11 is 6.33. The summed E-state index contributed by atoms with van der Waals surface area (Å²) in [6.07, 6.45) is 2.90. The van der Waals surface area contributed by atoms with Crippen molar-refractivity contribution in [3.8, 4) is 0 Å². The van der Waals surface area contributed by atoms with E-state index in [1.165, 1.54) is 0 Å². The number of carbonyl (C=O) groups excluding carboxylic acids is 1. The molecule has 1 saturated heterocycles. The van der Waals surface area contributed by atoms with Crippen molar-refractivity contribution >= 4 is 34.1 Å². The fourth-order valence-corrected chi connectivity index (χ4v) is 3.36. The van der Waals surface area contributed by atoms with Crippen LogP contribution in [-0.2, 0) is 4.79 Å². The van der Waals surface area contributed by atoms with Crippen molar-refractivity contribution in [2.45, 2.75) is 26.2 Å². The van der Waals surface area contributed by atoms with Crippen LogP contribution in [0.1, 0.15) is 26.2 Å².